The number of imidazole rings is 2. The monoisotopic (exact) mass is 495 g/mol. The Bertz CT molecular complexity index is 891. The van der Waals surface area contributed by atoms with Crippen molar-refractivity contribution >= 4 is 0 Å². The normalized spacial score (nSPS) is 21.9. The third kappa shape index (κ3) is 6.78. The predicted molar refractivity (Wildman–Crippen MR) is 146 cm³/mol. The number of likely N-dealkylation sites (tertiary alicyclic amines) is 2. The number of H-pyrrole nitrogens is 1. The van der Waals surface area contributed by atoms with Crippen LogP contribution < -0.4 is 0 Å². The van der Waals surface area contributed by atoms with Gasteiger partial charge in [0.15, 0.2) is 0 Å². The molecular formula is C29H49N7. The van der Waals surface area contributed by atoms with Crippen LogP contribution in [0, 0.1) is 11.3 Å². The van der Waals surface area contributed by atoms with Crippen LogP contribution in [0.1, 0.15) is 83.3 Å². The molecule has 5 rings (SSSR count). The second-order valence-corrected chi connectivity index (χ2v) is 12.3. The van der Waals surface area contributed by atoms with E-state index in [0.29, 0.717) is 11.5 Å². The lowest BCUT2D eigenvalue weighted by atomic mass is 9.77. The van der Waals surface area contributed by atoms with Gasteiger partial charge in [-0.25, -0.2) is 9.97 Å². The van der Waals surface area contributed by atoms with Crippen LogP contribution in [-0.4, -0.2) is 79.5 Å². The van der Waals surface area contributed by atoms with Crippen LogP contribution in [0.4, 0.5) is 0 Å². The maximum absolute atomic E-state index is 4.80. The van der Waals surface area contributed by atoms with E-state index in [2.05, 4.69) is 49.3 Å². The van der Waals surface area contributed by atoms with Gasteiger partial charge >= 0.3 is 0 Å². The smallest absolute Gasteiger partial charge is 0.122 e. The van der Waals surface area contributed by atoms with E-state index in [-0.39, 0.29) is 0 Å². The summed E-state index contributed by atoms with van der Waals surface area (Å²) in [6.45, 7) is 15.3. The molecule has 3 aliphatic rings. The number of hydrogen-bond acceptors (Lipinski definition) is 5. The zero-order valence-corrected chi connectivity index (χ0v) is 22.9. The van der Waals surface area contributed by atoms with Gasteiger partial charge in [-0.1, -0.05) is 33.1 Å². The number of piperidine rings is 1. The molecule has 1 saturated carbocycles. The van der Waals surface area contributed by atoms with Crippen molar-refractivity contribution in [3.8, 4) is 0 Å². The molecule has 2 saturated heterocycles. The van der Waals surface area contributed by atoms with Gasteiger partial charge in [0.2, 0.25) is 0 Å². The molecule has 0 radical (unpaired) electrons. The number of nitrogens with one attached hydrogen (secondary N) is 1. The van der Waals surface area contributed by atoms with Crippen molar-refractivity contribution in [3.05, 3.63) is 36.4 Å². The largest absolute Gasteiger partial charge is 0.348 e. The van der Waals surface area contributed by atoms with Gasteiger partial charge in [-0.15, -0.1) is 0 Å². The van der Waals surface area contributed by atoms with Gasteiger partial charge in [0.1, 0.15) is 11.6 Å². The molecule has 0 bridgehead atoms. The quantitative estimate of drug-likeness (QED) is 0.486. The Hall–Kier alpha value is -1.70. The van der Waals surface area contributed by atoms with Gasteiger partial charge in [0.25, 0.3) is 0 Å². The second kappa shape index (κ2) is 12.2. The fraction of sp³-hybridized carbons (Fsp3) is 0.793. The number of aryl methyl sites for hydroxylation is 1. The summed E-state index contributed by atoms with van der Waals surface area (Å²) >= 11 is 0. The average molecular weight is 496 g/mol. The van der Waals surface area contributed by atoms with Gasteiger partial charge in [-0.2, -0.15) is 0 Å². The van der Waals surface area contributed by atoms with Crippen molar-refractivity contribution in [3.63, 3.8) is 0 Å². The molecule has 0 unspecified atom stereocenters. The van der Waals surface area contributed by atoms with Crippen LogP contribution in [0.2, 0.25) is 0 Å². The minimum Gasteiger partial charge on any atom is -0.348 e. The van der Waals surface area contributed by atoms with Crippen LogP contribution in [0.15, 0.2) is 24.8 Å². The summed E-state index contributed by atoms with van der Waals surface area (Å²) in [5.74, 6) is 3.06. The highest BCUT2D eigenvalue weighted by Gasteiger charge is 2.40. The van der Waals surface area contributed by atoms with Gasteiger partial charge in [0.05, 0.1) is 13.1 Å². The van der Waals surface area contributed by atoms with Crippen LogP contribution in [0.25, 0.3) is 0 Å². The summed E-state index contributed by atoms with van der Waals surface area (Å²) < 4.78 is 2.41. The van der Waals surface area contributed by atoms with Crippen LogP contribution in [0.3, 0.4) is 0 Å². The topological polar surface area (TPSA) is 56.2 Å². The van der Waals surface area contributed by atoms with E-state index >= 15 is 0 Å². The zero-order chi connectivity index (χ0) is 24.8. The first kappa shape index (κ1) is 25.9. The molecule has 36 heavy (non-hydrogen) atoms. The van der Waals surface area contributed by atoms with Gasteiger partial charge < -0.3 is 19.4 Å². The molecule has 2 aromatic heterocycles. The molecule has 1 aliphatic carbocycles. The minimum atomic E-state index is 0.597. The number of aromatic amines is 1. The maximum atomic E-state index is 4.80. The molecule has 1 N–H and O–H groups in total. The van der Waals surface area contributed by atoms with Gasteiger partial charge in [0, 0.05) is 50.5 Å². The van der Waals surface area contributed by atoms with E-state index in [1.807, 2.05) is 18.6 Å². The molecule has 3 fully saturated rings. The fourth-order valence-electron chi connectivity index (χ4n) is 7.03. The molecule has 7 heteroatoms. The minimum absolute atomic E-state index is 0.597. The van der Waals surface area contributed by atoms with Crippen LogP contribution >= 0.6 is 0 Å². The molecule has 7 nitrogen and oxygen atoms in total. The SMILES string of the molecule is CC(C)CN1CCC2(CC1)CCN(CCCn1ccnc1CN(Cc1ncc[nH]1)C1CCCCC1)C2. The van der Waals surface area contributed by atoms with Crippen molar-refractivity contribution in [1.29, 1.82) is 0 Å². The van der Waals surface area contributed by atoms with E-state index in [0.717, 1.165) is 31.4 Å². The molecular weight excluding hydrogens is 446 g/mol. The lowest BCUT2D eigenvalue weighted by Crippen LogP contribution is -2.42. The summed E-state index contributed by atoms with van der Waals surface area (Å²) in [6.07, 6.45) is 20.1. The molecule has 4 heterocycles. The Morgan fingerprint density at radius 2 is 1.75 bits per heavy atom. The van der Waals surface area contributed by atoms with Crippen molar-refractivity contribution in [2.75, 3.05) is 39.3 Å². The van der Waals surface area contributed by atoms with Crippen molar-refractivity contribution < 1.29 is 0 Å². The standard InChI is InChI=1S/C29H49N7/c1-25(2)21-33-17-9-29(10-18-33)11-19-34(24-29)15-6-16-35-20-14-32-28(35)23-36(22-27-30-12-13-31-27)26-7-4-3-5-8-26/h12-14,20,25-26H,3-11,15-19,21-24H2,1-2H3,(H,30,31). The van der Waals surface area contributed by atoms with Crippen LogP contribution in [-0.2, 0) is 19.6 Å². The summed E-state index contributed by atoms with van der Waals surface area (Å²) in [6, 6.07) is 0.641. The molecule has 0 amide bonds. The highest BCUT2D eigenvalue weighted by atomic mass is 15.2. The Kier molecular flexibility index (Phi) is 8.81. The lowest BCUT2D eigenvalue weighted by molar-refractivity contribution is 0.0988. The number of nitrogens with zero attached hydrogens (tertiary/aromatic N) is 6. The average Bonchev–Trinajstić information content (AvgIpc) is 3.64. The summed E-state index contributed by atoms with van der Waals surface area (Å²) in [5, 5.41) is 0. The molecule has 0 atom stereocenters. The van der Waals surface area contributed by atoms with Crippen LogP contribution in [0.5, 0.6) is 0 Å². The lowest BCUT2D eigenvalue weighted by Gasteiger charge is -2.40. The molecule has 2 aromatic rings. The third-order valence-electron chi connectivity index (χ3n) is 9.08. The zero-order valence-electron chi connectivity index (χ0n) is 22.9. The highest BCUT2D eigenvalue weighted by molar-refractivity contribution is 4.97. The van der Waals surface area contributed by atoms with Crippen molar-refractivity contribution in [2.24, 2.45) is 11.3 Å². The third-order valence-corrected chi connectivity index (χ3v) is 9.08. The number of rotatable bonds is 11. The first-order valence-corrected chi connectivity index (χ1v) is 14.8. The first-order valence-electron chi connectivity index (χ1n) is 14.8. The molecule has 2 aliphatic heterocycles. The van der Waals surface area contributed by atoms with E-state index in [1.165, 1.54) is 103 Å². The van der Waals surface area contributed by atoms with E-state index in [4.69, 9.17) is 4.98 Å². The summed E-state index contributed by atoms with van der Waals surface area (Å²) in [5.41, 5.74) is 0.597. The maximum Gasteiger partial charge on any atom is 0.122 e. The second-order valence-electron chi connectivity index (χ2n) is 12.3. The van der Waals surface area contributed by atoms with E-state index in [9.17, 15) is 0 Å². The Labute approximate surface area is 218 Å². The summed E-state index contributed by atoms with van der Waals surface area (Å²) in [7, 11) is 0. The summed E-state index contributed by atoms with van der Waals surface area (Å²) in [4.78, 5) is 20.7. The predicted octanol–water partition coefficient (Wildman–Crippen LogP) is 4.78. The van der Waals surface area contributed by atoms with E-state index in [1.54, 1.807) is 0 Å². The van der Waals surface area contributed by atoms with Gasteiger partial charge in [-0.3, -0.25) is 4.90 Å². The fourth-order valence-corrected chi connectivity index (χ4v) is 7.03. The molecule has 1 spiro atoms. The highest BCUT2D eigenvalue weighted by Crippen LogP contribution is 2.40. The Morgan fingerprint density at radius 3 is 2.47 bits per heavy atom. The Morgan fingerprint density at radius 1 is 0.972 bits per heavy atom. The van der Waals surface area contributed by atoms with Crippen molar-refractivity contribution in [1.82, 2.24) is 34.2 Å². The van der Waals surface area contributed by atoms with Gasteiger partial charge in [-0.05, 0) is 76.0 Å². The Balaban J connectivity index is 1.10. The molecule has 200 valence electrons. The molecule has 0 aromatic carbocycles. The number of hydrogen-bond donors (Lipinski definition) is 1. The van der Waals surface area contributed by atoms with Crippen molar-refractivity contribution in [2.45, 2.75) is 97.3 Å². The first-order chi connectivity index (χ1) is 17.6. The van der Waals surface area contributed by atoms with E-state index < -0.39 is 0 Å². The number of aromatic nitrogens is 4.